The molecule has 1 aliphatic rings. The van der Waals surface area contributed by atoms with Crippen molar-refractivity contribution in [3.8, 4) is 6.07 Å². The SMILES string of the molecule is Cc1ccc(C(c2ccc(Cl)cc2)N2C[C@H](C)N(c3cc(=O)n(C)c4ccc(C#N)nc34)C[C@H]2C)nc1. The molecule has 4 heterocycles. The van der Waals surface area contributed by atoms with Crippen LogP contribution in [-0.2, 0) is 7.05 Å². The maximum atomic E-state index is 12.9. The van der Waals surface area contributed by atoms with E-state index in [9.17, 15) is 10.1 Å². The Kier molecular flexibility index (Phi) is 6.72. The van der Waals surface area contributed by atoms with E-state index in [0.29, 0.717) is 28.3 Å². The molecule has 3 aromatic heterocycles. The molecule has 0 N–H and O–H groups in total. The molecule has 1 unspecified atom stereocenters. The van der Waals surface area contributed by atoms with Crippen LogP contribution in [0.4, 0.5) is 5.69 Å². The number of piperazine rings is 1. The van der Waals surface area contributed by atoms with Crippen LogP contribution in [-0.4, -0.2) is 44.6 Å². The van der Waals surface area contributed by atoms with Gasteiger partial charge >= 0.3 is 0 Å². The molecule has 0 amide bonds. The molecule has 4 aromatic rings. The number of fused-ring (bicyclic) bond motifs is 1. The van der Waals surface area contributed by atoms with Gasteiger partial charge in [0.25, 0.3) is 5.56 Å². The Hall–Kier alpha value is -3.73. The number of pyridine rings is 3. The Morgan fingerprint density at radius 2 is 1.81 bits per heavy atom. The van der Waals surface area contributed by atoms with Crippen LogP contribution in [0.2, 0.25) is 5.02 Å². The Labute approximate surface area is 221 Å². The van der Waals surface area contributed by atoms with Crippen molar-refractivity contribution in [2.75, 3.05) is 18.0 Å². The van der Waals surface area contributed by atoms with E-state index in [4.69, 9.17) is 16.6 Å². The minimum Gasteiger partial charge on any atom is -0.364 e. The molecule has 1 saturated heterocycles. The highest BCUT2D eigenvalue weighted by Gasteiger charge is 2.36. The molecule has 0 radical (unpaired) electrons. The second-order valence-corrected chi connectivity index (χ2v) is 10.3. The third kappa shape index (κ3) is 4.71. The number of nitrogens with zero attached hydrogens (tertiary/aromatic N) is 6. The number of hydrogen-bond donors (Lipinski definition) is 0. The van der Waals surface area contributed by atoms with Gasteiger partial charge in [-0.3, -0.25) is 14.7 Å². The molecule has 0 saturated carbocycles. The predicted molar refractivity (Wildman–Crippen MR) is 147 cm³/mol. The molecule has 37 heavy (non-hydrogen) atoms. The van der Waals surface area contributed by atoms with E-state index in [1.807, 2.05) is 25.3 Å². The maximum Gasteiger partial charge on any atom is 0.252 e. The number of hydrogen-bond acceptors (Lipinski definition) is 6. The molecule has 0 aliphatic carbocycles. The van der Waals surface area contributed by atoms with Crippen molar-refractivity contribution in [3.05, 3.63) is 98.7 Å². The zero-order valence-corrected chi connectivity index (χ0v) is 22.1. The summed E-state index contributed by atoms with van der Waals surface area (Å²) < 4.78 is 1.58. The van der Waals surface area contributed by atoms with Gasteiger partial charge in [0.15, 0.2) is 0 Å². The van der Waals surface area contributed by atoms with Crippen LogP contribution in [0.25, 0.3) is 11.0 Å². The number of aryl methyl sites for hydroxylation is 2. The van der Waals surface area contributed by atoms with Gasteiger partial charge in [-0.1, -0.05) is 29.8 Å². The van der Waals surface area contributed by atoms with Crippen LogP contribution in [0.5, 0.6) is 0 Å². The van der Waals surface area contributed by atoms with Gasteiger partial charge in [-0.2, -0.15) is 5.26 Å². The van der Waals surface area contributed by atoms with Gasteiger partial charge in [0, 0.05) is 49.5 Å². The fourth-order valence-electron chi connectivity index (χ4n) is 5.26. The summed E-state index contributed by atoms with van der Waals surface area (Å²) in [6.45, 7) is 7.85. The first-order valence-corrected chi connectivity index (χ1v) is 12.8. The van der Waals surface area contributed by atoms with Crippen molar-refractivity contribution in [2.45, 2.75) is 38.9 Å². The van der Waals surface area contributed by atoms with Gasteiger partial charge in [-0.05, 0) is 62.2 Å². The third-order valence-electron chi connectivity index (χ3n) is 7.26. The van der Waals surface area contributed by atoms with Gasteiger partial charge < -0.3 is 9.47 Å². The van der Waals surface area contributed by atoms with Gasteiger partial charge in [0.1, 0.15) is 17.3 Å². The van der Waals surface area contributed by atoms with Crippen molar-refractivity contribution >= 4 is 28.3 Å². The van der Waals surface area contributed by atoms with Crippen molar-refractivity contribution in [1.29, 1.82) is 5.26 Å². The molecule has 0 spiro atoms. The summed E-state index contributed by atoms with van der Waals surface area (Å²) in [6.07, 6.45) is 1.91. The van der Waals surface area contributed by atoms with Crippen LogP contribution in [0.1, 0.15) is 42.4 Å². The summed E-state index contributed by atoms with van der Waals surface area (Å²) in [4.78, 5) is 27.0. The smallest absolute Gasteiger partial charge is 0.252 e. The van der Waals surface area contributed by atoms with Crippen LogP contribution in [0, 0.1) is 18.3 Å². The van der Waals surface area contributed by atoms with Gasteiger partial charge in [0.2, 0.25) is 0 Å². The van der Waals surface area contributed by atoms with E-state index in [-0.39, 0.29) is 23.7 Å². The van der Waals surface area contributed by atoms with Crippen molar-refractivity contribution in [1.82, 2.24) is 19.4 Å². The van der Waals surface area contributed by atoms with Crippen LogP contribution >= 0.6 is 11.6 Å². The molecule has 1 fully saturated rings. The van der Waals surface area contributed by atoms with Crippen molar-refractivity contribution in [2.24, 2.45) is 7.05 Å². The lowest BCUT2D eigenvalue weighted by molar-refractivity contribution is 0.128. The highest BCUT2D eigenvalue weighted by molar-refractivity contribution is 6.30. The second-order valence-electron chi connectivity index (χ2n) is 9.86. The number of nitriles is 1. The predicted octanol–water partition coefficient (Wildman–Crippen LogP) is 4.85. The summed E-state index contributed by atoms with van der Waals surface area (Å²) in [7, 11) is 1.73. The lowest BCUT2D eigenvalue weighted by Crippen LogP contribution is -2.57. The molecule has 5 rings (SSSR count). The molecule has 3 atom stereocenters. The second kappa shape index (κ2) is 9.97. The first-order valence-electron chi connectivity index (χ1n) is 12.4. The van der Waals surface area contributed by atoms with E-state index in [1.54, 1.807) is 29.8 Å². The van der Waals surface area contributed by atoms with E-state index >= 15 is 0 Å². The molecule has 1 aliphatic heterocycles. The Bertz CT molecular complexity index is 1500. The summed E-state index contributed by atoms with van der Waals surface area (Å²) in [6, 6.07) is 19.6. The van der Waals surface area contributed by atoms with Crippen LogP contribution < -0.4 is 10.5 Å². The molecule has 7 nitrogen and oxygen atoms in total. The Morgan fingerprint density at radius 1 is 1.05 bits per heavy atom. The average molecular weight is 513 g/mol. The van der Waals surface area contributed by atoms with Crippen LogP contribution in [0.15, 0.2) is 65.6 Å². The Morgan fingerprint density at radius 3 is 2.49 bits per heavy atom. The maximum absolute atomic E-state index is 12.9. The summed E-state index contributed by atoms with van der Waals surface area (Å²) in [5.41, 5.74) is 5.62. The molecule has 188 valence electrons. The summed E-state index contributed by atoms with van der Waals surface area (Å²) in [5, 5.41) is 10.1. The normalized spacial score (nSPS) is 19.1. The summed E-state index contributed by atoms with van der Waals surface area (Å²) >= 11 is 6.21. The molecule has 1 aromatic carbocycles. The van der Waals surface area contributed by atoms with E-state index in [1.165, 1.54) is 0 Å². The zero-order valence-electron chi connectivity index (χ0n) is 21.4. The number of aromatic nitrogens is 3. The molecular weight excluding hydrogens is 484 g/mol. The minimum atomic E-state index is -0.0980. The van der Waals surface area contributed by atoms with Gasteiger partial charge in [0.05, 0.1) is 22.9 Å². The fourth-order valence-corrected chi connectivity index (χ4v) is 5.39. The quantitative estimate of drug-likeness (QED) is 0.389. The third-order valence-corrected chi connectivity index (χ3v) is 7.51. The zero-order chi connectivity index (χ0) is 26.3. The van der Waals surface area contributed by atoms with Gasteiger partial charge in [-0.25, -0.2) is 4.98 Å². The molecule has 0 bridgehead atoms. The first kappa shape index (κ1) is 24.9. The lowest BCUT2D eigenvalue weighted by Gasteiger charge is -2.48. The van der Waals surface area contributed by atoms with E-state index < -0.39 is 0 Å². The molecular formula is C29H29ClN6O. The topological polar surface area (TPSA) is 78.0 Å². The number of rotatable bonds is 4. The Balaban J connectivity index is 1.55. The van der Waals surface area contributed by atoms with Crippen molar-refractivity contribution < 1.29 is 0 Å². The number of halogens is 1. The first-order chi connectivity index (χ1) is 17.8. The summed E-state index contributed by atoms with van der Waals surface area (Å²) in [5.74, 6) is 0. The lowest BCUT2D eigenvalue weighted by atomic mass is 9.96. The van der Waals surface area contributed by atoms with E-state index in [2.05, 4.69) is 59.0 Å². The largest absolute Gasteiger partial charge is 0.364 e. The van der Waals surface area contributed by atoms with Gasteiger partial charge in [-0.15, -0.1) is 0 Å². The monoisotopic (exact) mass is 512 g/mol. The average Bonchev–Trinajstić information content (AvgIpc) is 2.90. The van der Waals surface area contributed by atoms with Crippen LogP contribution in [0.3, 0.4) is 0 Å². The van der Waals surface area contributed by atoms with Crippen molar-refractivity contribution in [3.63, 3.8) is 0 Å². The number of anilines is 1. The highest BCUT2D eigenvalue weighted by atomic mass is 35.5. The molecule has 8 heteroatoms. The standard InChI is InChI=1S/C29H29ClN6O/c1-18-5-11-24(32-15-18)29(21-6-8-22(30)9-7-21)36-17-19(2)35(16-20(36)3)26-13-27(37)34(4)25-12-10-23(14-31)33-28(25)26/h5-13,15,19-20,29H,16-17H2,1-4H3/t19-,20+,29?/m0/s1. The number of benzene rings is 1. The highest BCUT2D eigenvalue weighted by Crippen LogP contribution is 2.35. The minimum absolute atomic E-state index is 0.0406. The van der Waals surface area contributed by atoms with E-state index in [0.717, 1.165) is 29.1 Å². The fraction of sp³-hybridized carbons (Fsp3) is 0.310.